The molecule has 1 aromatic carbocycles. The van der Waals surface area contributed by atoms with Crippen LogP contribution < -0.4 is 9.47 Å². The van der Waals surface area contributed by atoms with E-state index >= 15 is 0 Å². The van der Waals surface area contributed by atoms with Crippen molar-refractivity contribution in [3.05, 3.63) is 69.5 Å². The van der Waals surface area contributed by atoms with Gasteiger partial charge in [-0.05, 0) is 99.3 Å². The van der Waals surface area contributed by atoms with Gasteiger partial charge >= 0.3 is 0 Å². The van der Waals surface area contributed by atoms with Crippen molar-refractivity contribution < 1.29 is 38.4 Å². The van der Waals surface area contributed by atoms with Crippen LogP contribution >= 0.6 is 0 Å². The van der Waals surface area contributed by atoms with Crippen molar-refractivity contribution in [2.24, 2.45) is 11.8 Å². The number of Topliss-reactive ketones (excluding diaryl/α,β-unsaturated/α-hetero) is 2. The number of hydrogen-bond donors (Lipinski definition) is 1. The third-order valence-electron chi connectivity index (χ3n) is 10.4. The van der Waals surface area contributed by atoms with Crippen molar-refractivity contribution in [1.29, 1.82) is 0 Å². The van der Waals surface area contributed by atoms with Gasteiger partial charge in [0.05, 0.1) is 11.2 Å². The first kappa shape index (κ1) is 32.0. The lowest BCUT2D eigenvalue weighted by Gasteiger charge is -2.56. The molecule has 3 aliphatic carbocycles. The molecular formula is C38H44O8. The lowest BCUT2D eigenvalue weighted by atomic mass is 9.51. The van der Waals surface area contributed by atoms with Crippen LogP contribution in [0, 0.1) is 11.8 Å². The molecule has 8 heteroatoms. The first-order valence-corrected chi connectivity index (χ1v) is 16.1. The van der Waals surface area contributed by atoms with Crippen LogP contribution in [0.5, 0.6) is 17.2 Å². The molecule has 6 aliphatic rings. The van der Waals surface area contributed by atoms with Gasteiger partial charge in [0, 0.05) is 29.4 Å². The number of benzene rings is 1. The van der Waals surface area contributed by atoms with Crippen LogP contribution in [-0.2, 0) is 25.5 Å². The summed E-state index contributed by atoms with van der Waals surface area (Å²) >= 11 is 0. The zero-order chi connectivity index (χ0) is 33.4. The smallest absolute Gasteiger partial charge is 0.298 e. The minimum Gasteiger partial charge on any atom is -0.506 e. The van der Waals surface area contributed by atoms with Gasteiger partial charge in [-0.15, -0.1) is 0 Å². The second-order valence-electron chi connectivity index (χ2n) is 14.6. The van der Waals surface area contributed by atoms with E-state index < -0.39 is 28.3 Å². The Morgan fingerprint density at radius 3 is 2.41 bits per heavy atom. The van der Waals surface area contributed by atoms with E-state index in [0.29, 0.717) is 53.9 Å². The Balaban J connectivity index is 1.58. The predicted molar refractivity (Wildman–Crippen MR) is 174 cm³/mol. The molecule has 46 heavy (non-hydrogen) atoms. The van der Waals surface area contributed by atoms with Crippen molar-refractivity contribution in [2.45, 2.75) is 110 Å². The summed E-state index contributed by atoms with van der Waals surface area (Å²) in [7, 11) is 0. The van der Waals surface area contributed by atoms with Crippen molar-refractivity contribution in [3.8, 4) is 17.2 Å². The number of phenols is 1. The highest BCUT2D eigenvalue weighted by Gasteiger charge is 2.81. The third kappa shape index (κ3) is 4.55. The average molecular weight is 629 g/mol. The Morgan fingerprint density at radius 1 is 1.02 bits per heavy atom. The topological polar surface area (TPSA) is 108 Å². The van der Waals surface area contributed by atoms with Crippen molar-refractivity contribution >= 4 is 24.1 Å². The van der Waals surface area contributed by atoms with E-state index in [1.54, 1.807) is 19.1 Å². The van der Waals surface area contributed by atoms with Gasteiger partial charge in [-0.25, -0.2) is 0 Å². The molecule has 8 nitrogen and oxygen atoms in total. The molecule has 1 N–H and O–H groups in total. The maximum absolute atomic E-state index is 14.7. The van der Waals surface area contributed by atoms with E-state index in [-0.39, 0.29) is 41.0 Å². The molecule has 0 aromatic heterocycles. The highest BCUT2D eigenvalue weighted by atomic mass is 16.6. The average Bonchev–Trinajstić information content (AvgIpc) is 3.12. The monoisotopic (exact) mass is 628 g/mol. The van der Waals surface area contributed by atoms with E-state index in [4.69, 9.17) is 18.9 Å². The SMILES string of the molecule is CC(C)=CCC[C@@]1(C)C=Cc2c(O)c3c(c(CC=C(C)C)c2O1)O[C@]12C(=C[C@@H]4CC1C(C)(C)OC2(C/C=C(/C)OC=O)C4=O)C3=O. The summed E-state index contributed by atoms with van der Waals surface area (Å²) in [6.45, 7) is 16.0. The summed E-state index contributed by atoms with van der Waals surface area (Å²) in [5.74, 6) is -0.605. The molecule has 1 saturated heterocycles. The van der Waals surface area contributed by atoms with E-state index in [1.807, 2.05) is 52.8 Å². The van der Waals surface area contributed by atoms with Gasteiger partial charge in [-0.1, -0.05) is 29.4 Å². The van der Waals surface area contributed by atoms with E-state index in [1.165, 1.54) is 5.57 Å². The first-order chi connectivity index (χ1) is 21.6. The molecule has 7 rings (SSSR count). The van der Waals surface area contributed by atoms with Gasteiger partial charge in [0.15, 0.2) is 22.8 Å². The Hall–Kier alpha value is -3.91. The summed E-state index contributed by atoms with van der Waals surface area (Å²) in [5, 5.41) is 11.8. The minimum absolute atomic E-state index is 0.0454. The van der Waals surface area contributed by atoms with Crippen molar-refractivity contribution in [1.82, 2.24) is 0 Å². The molecule has 0 amide bonds. The van der Waals surface area contributed by atoms with Crippen LogP contribution in [0.15, 0.2) is 52.9 Å². The van der Waals surface area contributed by atoms with Crippen LogP contribution in [0.25, 0.3) is 6.08 Å². The van der Waals surface area contributed by atoms with Gasteiger partial charge < -0.3 is 24.1 Å². The van der Waals surface area contributed by atoms with Crippen LogP contribution in [0.3, 0.4) is 0 Å². The number of fused-ring (bicyclic) bond motifs is 2. The minimum atomic E-state index is -1.55. The number of carbonyl (C=O) groups excluding carboxylic acids is 3. The number of aromatic hydroxyl groups is 1. The molecule has 0 radical (unpaired) electrons. The molecular weight excluding hydrogens is 584 g/mol. The lowest BCUT2D eigenvalue weighted by molar-refractivity contribution is -0.171. The molecule has 244 valence electrons. The van der Waals surface area contributed by atoms with Gasteiger partial charge in [0.1, 0.15) is 34.2 Å². The number of carbonyl (C=O) groups is 3. The summed E-state index contributed by atoms with van der Waals surface area (Å²) in [4.78, 5) is 40.1. The van der Waals surface area contributed by atoms with Gasteiger partial charge in [0.2, 0.25) is 0 Å². The standard InChI is InChI=1S/C38H44O8/c1-21(2)10-9-15-36(8)16-14-25-30(40)29-31(41)27-18-24-19-28-35(6,7)46-37(34(24)42,17-13-23(5)43-20-39)38(27,28)45-33(29)26(32(25)44-36)12-11-22(3)4/h10-11,13-14,16,18,20,24,28,40H,9,12,15,17,19H2,1-8H3/b23-13-/t24-,28?,36+,37?,38-/m1/s1. The molecule has 1 saturated carbocycles. The van der Waals surface area contributed by atoms with Crippen LogP contribution in [0.1, 0.15) is 103 Å². The summed E-state index contributed by atoms with van der Waals surface area (Å²) < 4.78 is 25.7. The third-order valence-corrected chi connectivity index (χ3v) is 10.4. The predicted octanol–water partition coefficient (Wildman–Crippen LogP) is 7.29. The Labute approximate surface area is 270 Å². The molecule has 3 heterocycles. The van der Waals surface area contributed by atoms with E-state index in [9.17, 15) is 19.5 Å². The molecule has 1 spiro atoms. The number of ketones is 2. The highest BCUT2D eigenvalue weighted by Crippen LogP contribution is 2.68. The van der Waals surface area contributed by atoms with Crippen LogP contribution in [-0.4, -0.2) is 45.5 Å². The molecule has 4 bridgehead atoms. The van der Waals surface area contributed by atoms with Crippen molar-refractivity contribution in [3.63, 3.8) is 0 Å². The normalized spacial score (nSPS) is 31.1. The zero-order valence-electron chi connectivity index (χ0n) is 28.0. The highest BCUT2D eigenvalue weighted by molar-refractivity contribution is 6.19. The van der Waals surface area contributed by atoms with Gasteiger partial charge in [-0.3, -0.25) is 14.4 Å². The van der Waals surface area contributed by atoms with Crippen LogP contribution in [0.4, 0.5) is 0 Å². The zero-order valence-corrected chi connectivity index (χ0v) is 28.0. The fraction of sp³-hybridized carbons (Fsp3) is 0.500. The maximum atomic E-state index is 14.7. The number of hydrogen-bond acceptors (Lipinski definition) is 8. The molecule has 1 aromatic rings. The number of phenolic OH excluding ortho intramolecular Hbond substituents is 1. The maximum Gasteiger partial charge on any atom is 0.298 e. The lowest BCUT2D eigenvalue weighted by Crippen LogP contribution is -2.72. The molecule has 5 atom stereocenters. The fourth-order valence-corrected chi connectivity index (χ4v) is 8.20. The fourth-order valence-electron chi connectivity index (χ4n) is 8.20. The van der Waals surface area contributed by atoms with Gasteiger partial charge in [-0.2, -0.15) is 0 Å². The summed E-state index contributed by atoms with van der Waals surface area (Å²) in [5.41, 5.74) is -0.687. The molecule has 2 fully saturated rings. The van der Waals surface area contributed by atoms with Gasteiger partial charge in [0.25, 0.3) is 6.47 Å². The Morgan fingerprint density at radius 2 is 1.74 bits per heavy atom. The largest absolute Gasteiger partial charge is 0.506 e. The van der Waals surface area contributed by atoms with Crippen molar-refractivity contribution in [2.75, 3.05) is 0 Å². The summed E-state index contributed by atoms with van der Waals surface area (Å²) in [6.07, 6.45) is 13.8. The molecule has 3 aliphatic heterocycles. The number of allylic oxidation sites excluding steroid dienone is 6. The molecule has 2 unspecified atom stereocenters. The van der Waals surface area contributed by atoms with Crippen LogP contribution in [0.2, 0.25) is 0 Å². The second-order valence-corrected chi connectivity index (χ2v) is 14.6. The number of rotatable bonds is 9. The Bertz CT molecular complexity index is 1690. The Kier molecular flexibility index (Phi) is 7.54. The summed E-state index contributed by atoms with van der Waals surface area (Å²) in [6, 6.07) is 0. The second kappa shape index (κ2) is 10.8. The van der Waals surface area contributed by atoms with E-state index in [0.717, 1.165) is 12.0 Å². The first-order valence-electron chi connectivity index (χ1n) is 16.1. The number of ether oxygens (including phenoxy) is 4. The quantitative estimate of drug-likeness (QED) is 0.173. The van der Waals surface area contributed by atoms with E-state index in [2.05, 4.69) is 19.9 Å².